The minimum Gasteiger partial charge on any atom is -0.381 e. The molecule has 0 aromatic heterocycles. The molecular formula is C23H31N3O3S. The summed E-state index contributed by atoms with van der Waals surface area (Å²) in [7, 11) is -3.62. The van der Waals surface area contributed by atoms with Gasteiger partial charge in [0.05, 0.1) is 16.3 Å². The number of hydrogen-bond acceptors (Lipinski definition) is 4. The molecule has 1 fully saturated rings. The van der Waals surface area contributed by atoms with E-state index in [1.54, 1.807) is 26.0 Å². The van der Waals surface area contributed by atoms with Gasteiger partial charge in [-0.15, -0.1) is 0 Å². The molecule has 3 rings (SSSR count). The summed E-state index contributed by atoms with van der Waals surface area (Å²) in [6.07, 6.45) is 5.99. The van der Waals surface area contributed by atoms with Crippen LogP contribution in [0.15, 0.2) is 53.4 Å². The van der Waals surface area contributed by atoms with Crippen LogP contribution in [0.3, 0.4) is 0 Å². The van der Waals surface area contributed by atoms with Crippen molar-refractivity contribution >= 4 is 27.3 Å². The average Bonchev–Trinajstić information content (AvgIpc) is 2.76. The lowest BCUT2D eigenvalue weighted by molar-refractivity contribution is 0.102. The molecule has 2 N–H and O–H groups in total. The molecule has 0 bridgehead atoms. The Balaban J connectivity index is 1.79. The van der Waals surface area contributed by atoms with Crippen molar-refractivity contribution in [3.8, 4) is 0 Å². The van der Waals surface area contributed by atoms with E-state index in [0.717, 1.165) is 18.5 Å². The quantitative estimate of drug-likeness (QED) is 0.637. The first-order valence-electron chi connectivity index (χ1n) is 10.7. The van der Waals surface area contributed by atoms with E-state index in [-0.39, 0.29) is 10.8 Å². The third-order valence-corrected chi connectivity index (χ3v) is 7.63. The summed E-state index contributed by atoms with van der Waals surface area (Å²) in [5.74, 6) is -0.329. The van der Waals surface area contributed by atoms with Crippen LogP contribution in [-0.4, -0.2) is 37.8 Å². The average molecular weight is 430 g/mol. The lowest BCUT2D eigenvalue weighted by atomic mass is 9.95. The Morgan fingerprint density at radius 1 is 0.967 bits per heavy atom. The van der Waals surface area contributed by atoms with E-state index in [1.807, 2.05) is 24.3 Å². The highest BCUT2D eigenvalue weighted by molar-refractivity contribution is 7.89. The van der Waals surface area contributed by atoms with Crippen molar-refractivity contribution in [2.45, 2.75) is 56.9 Å². The second-order valence-corrected chi connectivity index (χ2v) is 9.53. The zero-order chi connectivity index (χ0) is 21.6. The summed E-state index contributed by atoms with van der Waals surface area (Å²) in [6, 6.07) is 14.3. The number of nitrogens with one attached hydrogen (secondary N) is 2. The summed E-state index contributed by atoms with van der Waals surface area (Å²) in [5, 5.41) is 6.50. The molecule has 7 heteroatoms. The molecule has 2 aromatic carbocycles. The highest BCUT2D eigenvalue weighted by Gasteiger charge is 2.23. The topological polar surface area (TPSA) is 78.5 Å². The van der Waals surface area contributed by atoms with E-state index < -0.39 is 10.0 Å². The van der Waals surface area contributed by atoms with Gasteiger partial charge < -0.3 is 10.6 Å². The van der Waals surface area contributed by atoms with Gasteiger partial charge in [-0.25, -0.2) is 8.42 Å². The van der Waals surface area contributed by atoms with E-state index in [9.17, 15) is 13.2 Å². The molecule has 2 aromatic rings. The number of para-hydroxylation sites is 2. The van der Waals surface area contributed by atoms with Crippen molar-refractivity contribution in [3.05, 3.63) is 54.1 Å². The number of anilines is 2. The largest absolute Gasteiger partial charge is 0.381 e. The first kappa shape index (κ1) is 22.3. The van der Waals surface area contributed by atoms with Gasteiger partial charge in [-0.05, 0) is 43.2 Å². The Morgan fingerprint density at radius 3 is 2.30 bits per heavy atom. The molecule has 0 atom stereocenters. The van der Waals surface area contributed by atoms with Crippen LogP contribution in [0.4, 0.5) is 11.4 Å². The van der Waals surface area contributed by atoms with Crippen molar-refractivity contribution in [2.75, 3.05) is 23.7 Å². The summed E-state index contributed by atoms with van der Waals surface area (Å²) in [6.45, 7) is 4.37. The fraction of sp³-hybridized carbons (Fsp3) is 0.435. The van der Waals surface area contributed by atoms with E-state index >= 15 is 0 Å². The SMILES string of the molecule is CCN(CC)S(=O)(=O)c1cccc(C(=O)Nc2ccccc2NC2CCCCC2)c1. The molecule has 0 saturated heterocycles. The number of amides is 1. The van der Waals surface area contributed by atoms with Crippen LogP contribution in [0, 0.1) is 0 Å². The molecule has 1 aliphatic rings. The van der Waals surface area contributed by atoms with Crippen LogP contribution < -0.4 is 10.6 Å². The summed E-state index contributed by atoms with van der Waals surface area (Å²) < 4.78 is 27.0. The van der Waals surface area contributed by atoms with Crippen molar-refractivity contribution in [2.24, 2.45) is 0 Å². The van der Waals surface area contributed by atoms with E-state index in [1.165, 1.54) is 35.7 Å². The molecule has 0 spiro atoms. The van der Waals surface area contributed by atoms with Gasteiger partial charge in [-0.2, -0.15) is 4.31 Å². The third kappa shape index (κ3) is 5.21. The molecule has 1 saturated carbocycles. The van der Waals surface area contributed by atoms with Crippen LogP contribution >= 0.6 is 0 Å². The number of nitrogens with zero attached hydrogens (tertiary/aromatic N) is 1. The van der Waals surface area contributed by atoms with Crippen molar-refractivity contribution in [1.82, 2.24) is 4.31 Å². The molecule has 1 amide bonds. The molecule has 0 heterocycles. The number of rotatable bonds is 8. The predicted molar refractivity (Wildman–Crippen MR) is 121 cm³/mol. The van der Waals surface area contributed by atoms with Gasteiger partial charge in [0.1, 0.15) is 0 Å². The molecule has 0 aliphatic heterocycles. The maximum Gasteiger partial charge on any atom is 0.255 e. The number of sulfonamides is 1. The van der Waals surface area contributed by atoms with Crippen LogP contribution in [-0.2, 0) is 10.0 Å². The minimum atomic E-state index is -3.62. The lowest BCUT2D eigenvalue weighted by Gasteiger charge is -2.25. The third-order valence-electron chi connectivity index (χ3n) is 5.58. The monoisotopic (exact) mass is 429 g/mol. The summed E-state index contributed by atoms with van der Waals surface area (Å²) >= 11 is 0. The predicted octanol–water partition coefficient (Wildman–Crippen LogP) is 4.71. The normalized spacial score (nSPS) is 15.2. The second kappa shape index (κ2) is 10.1. The van der Waals surface area contributed by atoms with Crippen LogP contribution in [0.5, 0.6) is 0 Å². The summed E-state index contributed by atoms with van der Waals surface area (Å²) in [5.41, 5.74) is 1.91. The molecule has 30 heavy (non-hydrogen) atoms. The Bertz CT molecular complexity index is 965. The number of carbonyl (C=O) groups excluding carboxylic acids is 1. The fourth-order valence-corrected chi connectivity index (χ4v) is 5.39. The maximum atomic E-state index is 12.9. The van der Waals surface area contributed by atoms with Crippen molar-refractivity contribution in [3.63, 3.8) is 0 Å². The molecule has 6 nitrogen and oxygen atoms in total. The number of hydrogen-bond donors (Lipinski definition) is 2. The molecule has 162 valence electrons. The zero-order valence-corrected chi connectivity index (χ0v) is 18.5. The Kier molecular flexibility index (Phi) is 7.50. The van der Waals surface area contributed by atoms with E-state index in [2.05, 4.69) is 10.6 Å². The molecule has 0 radical (unpaired) electrons. The molecule has 0 unspecified atom stereocenters. The van der Waals surface area contributed by atoms with Crippen LogP contribution in [0.2, 0.25) is 0 Å². The Morgan fingerprint density at radius 2 is 1.63 bits per heavy atom. The fourth-order valence-electron chi connectivity index (χ4n) is 3.89. The smallest absolute Gasteiger partial charge is 0.255 e. The Labute approximate surface area is 179 Å². The van der Waals surface area contributed by atoms with Gasteiger partial charge in [0.2, 0.25) is 10.0 Å². The zero-order valence-electron chi connectivity index (χ0n) is 17.7. The second-order valence-electron chi connectivity index (χ2n) is 7.60. The number of carbonyl (C=O) groups is 1. The maximum absolute atomic E-state index is 12.9. The van der Waals surface area contributed by atoms with Gasteiger partial charge in [0, 0.05) is 24.7 Å². The number of benzene rings is 2. The first-order valence-corrected chi connectivity index (χ1v) is 12.2. The first-order chi connectivity index (χ1) is 14.5. The van der Waals surface area contributed by atoms with E-state index in [0.29, 0.717) is 30.4 Å². The van der Waals surface area contributed by atoms with Crippen LogP contribution in [0.1, 0.15) is 56.3 Å². The standard InChI is InChI=1S/C23H31N3O3S/c1-3-26(4-2)30(28,29)20-14-10-11-18(17-20)23(27)25-22-16-9-8-15-21(22)24-19-12-6-5-7-13-19/h8-11,14-17,19,24H,3-7,12-13H2,1-2H3,(H,25,27). The van der Waals surface area contributed by atoms with Crippen LogP contribution in [0.25, 0.3) is 0 Å². The van der Waals surface area contributed by atoms with Crippen molar-refractivity contribution < 1.29 is 13.2 Å². The molecular weight excluding hydrogens is 398 g/mol. The highest BCUT2D eigenvalue weighted by atomic mass is 32.2. The van der Waals surface area contributed by atoms with Crippen molar-refractivity contribution in [1.29, 1.82) is 0 Å². The molecule has 1 aliphatic carbocycles. The van der Waals surface area contributed by atoms with Gasteiger partial charge in [-0.1, -0.05) is 51.3 Å². The summed E-state index contributed by atoms with van der Waals surface area (Å²) in [4.78, 5) is 13.0. The Hall–Kier alpha value is -2.38. The highest BCUT2D eigenvalue weighted by Crippen LogP contribution is 2.27. The van der Waals surface area contributed by atoms with E-state index in [4.69, 9.17) is 0 Å². The minimum absolute atomic E-state index is 0.132. The van der Waals surface area contributed by atoms with Gasteiger partial charge >= 0.3 is 0 Å². The van der Waals surface area contributed by atoms with Gasteiger partial charge in [0.25, 0.3) is 5.91 Å². The van der Waals surface area contributed by atoms with Gasteiger partial charge in [0.15, 0.2) is 0 Å². The van der Waals surface area contributed by atoms with Gasteiger partial charge in [-0.3, -0.25) is 4.79 Å². The lowest BCUT2D eigenvalue weighted by Crippen LogP contribution is -2.30.